The number of carboxylic acid groups (broad SMARTS) is 1. The molecule has 0 aromatic heterocycles. The summed E-state index contributed by atoms with van der Waals surface area (Å²) in [6.07, 6.45) is 2.77. The number of likely N-dealkylation sites (tertiary alicyclic amines) is 1. The molecule has 15 heavy (non-hydrogen) atoms. The Labute approximate surface area is 89.3 Å². The van der Waals surface area contributed by atoms with Crippen LogP contribution in [0.4, 0.5) is 0 Å². The molecule has 2 aliphatic rings. The van der Waals surface area contributed by atoms with Gasteiger partial charge in [-0.3, -0.25) is 9.59 Å². The zero-order chi connectivity index (χ0) is 11.0. The molecule has 4 heteroatoms. The Hall–Kier alpha value is -1.06. The summed E-state index contributed by atoms with van der Waals surface area (Å²) in [5.41, 5.74) is 0. The number of hydrogen-bond donors (Lipinski definition) is 1. The van der Waals surface area contributed by atoms with E-state index in [2.05, 4.69) is 6.92 Å². The van der Waals surface area contributed by atoms with Gasteiger partial charge in [0.1, 0.15) is 0 Å². The lowest BCUT2D eigenvalue weighted by atomic mass is 10.00. The molecule has 4 nitrogen and oxygen atoms in total. The number of aliphatic carboxylic acids is 1. The van der Waals surface area contributed by atoms with Gasteiger partial charge >= 0.3 is 5.97 Å². The second-order valence-corrected chi connectivity index (χ2v) is 4.82. The van der Waals surface area contributed by atoms with Gasteiger partial charge in [-0.05, 0) is 25.2 Å². The van der Waals surface area contributed by atoms with E-state index >= 15 is 0 Å². The molecule has 0 radical (unpaired) electrons. The molecule has 1 aliphatic carbocycles. The number of amides is 1. The average Bonchev–Trinajstić information content (AvgIpc) is 2.96. The zero-order valence-corrected chi connectivity index (χ0v) is 8.98. The first kappa shape index (κ1) is 10.5. The molecule has 0 aromatic rings. The van der Waals surface area contributed by atoms with Crippen LogP contribution in [0.15, 0.2) is 0 Å². The number of carbonyl (C=O) groups is 2. The van der Waals surface area contributed by atoms with Crippen molar-refractivity contribution in [2.75, 3.05) is 13.1 Å². The maximum atomic E-state index is 11.9. The van der Waals surface area contributed by atoms with Crippen molar-refractivity contribution in [3.05, 3.63) is 0 Å². The monoisotopic (exact) mass is 211 g/mol. The van der Waals surface area contributed by atoms with E-state index in [0.717, 1.165) is 19.5 Å². The van der Waals surface area contributed by atoms with E-state index in [9.17, 15) is 9.59 Å². The maximum Gasteiger partial charge on any atom is 0.307 e. The predicted molar refractivity (Wildman–Crippen MR) is 54.2 cm³/mol. The van der Waals surface area contributed by atoms with Gasteiger partial charge in [-0.2, -0.15) is 0 Å². The van der Waals surface area contributed by atoms with Crippen LogP contribution in [0.3, 0.4) is 0 Å². The summed E-state index contributed by atoms with van der Waals surface area (Å²) < 4.78 is 0. The van der Waals surface area contributed by atoms with Crippen LogP contribution in [0.1, 0.15) is 26.2 Å². The van der Waals surface area contributed by atoms with Gasteiger partial charge in [0.2, 0.25) is 5.91 Å². The van der Waals surface area contributed by atoms with E-state index in [0.29, 0.717) is 12.3 Å². The van der Waals surface area contributed by atoms with E-state index in [1.54, 1.807) is 0 Å². The molecule has 0 spiro atoms. The van der Waals surface area contributed by atoms with Crippen LogP contribution in [-0.4, -0.2) is 35.0 Å². The molecule has 2 fully saturated rings. The molecular formula is C11H17NO3. The zero-order valence-electron chi connectivity index (χ0n) is 8.98. The normalized spacial score (nSPS) is 35.0. The van der Waals surface area contributed by atoms with Gasteiger partial charge in [0.15, 0.2) is 0 Å². The number of carboxylic acids is 1. The van der Waals surface area contributed by atoms with E-state index in [-0.39, 0.29) is 11.8 Å². The quantitative estimate of drug-likeness (QED) is 0.740. The van der Waals surface area contributed by atoms with Gasteiger partial charge in [0.25, 0.3) is 0 Å². The second-order valence-electron chi connectivity index (χ2n) is 4.82. The number of piperidine rings is 1. The standard InChI is InChI=1S/C11H17NO3/c1-7-3-2-4-12(6-7)10(13)8-5-9(8)11(14)15/h7-9H,2-6H2,1H3,(H,14,15). The molecule has 84 valence electrons. The lowest BCUT2D eigenvalue weighted by Crippen LogP contribution is -2.40. The van der Waals surface area contributed by atoms with Crippen LogP contribution >= 0.6 is 0 Å². The first-order valence-corrected chi connectivity index (χ1v) is 5.61. The van der Waals surface area contributed by atoms with Crippen molar-refractivity contribution in [2.24, 2.45) is 17.8 Å². The lowest BCUT2D eigenvalue weighted by molar-refractivity contribution is -0.142. The maximum absolute atomic E-state index is 11.9. The highest BCUT2D eigenvalue weighted by Gasteiger charge is 2.49. The third kappa shape index (κ3) is 2.13. The van der Waals surface area contributed by atoms with Crippen molar-refractivity contribution in [1.29, 1.82) is 0 Å². The van der Waals surface area contributed by atoms with E-state index in [1.165, 1.54) is 6.42 Å². The molecule has 2 rings (SSSR count). The lowest BCUT2D eigenvalue weighted by Gasteiger charge is -2.31. The largest absolute Gasteiger partial charge is 0.481 e. The first-order valence-electron chi connectivity index (χ1n) is 5.61. The smallest absolute Gasteiger partial charge is 0.307 e. The summed E-state index contributed by atoms with van der Waals surface area (Å²) in [6, 6.07) is 0. The number of rotatable bonds is 2. The molecule has 1 heterocycles. The fraction of sp³-hybridized carbons (Fsp3) is 0.818. The molecular weight excluding hydrogens is 194 g/mol. The Morgan fingerprint density at radius 3 is 2.60 bits per heavy atom. The second kappa shape index (κ2) is 3.83. The predicted octanol–water partition coefficient (Wildman–Crippen LogP) is 0.966. The van der Waals surface area contributed by atoms with Crippen LogP contribution < -0.4 is 0 Å². The summed E-state index contributed by atoms with van der Waals surface area (Å²) in [5, 5.41) is 8.75. The summed E-state index contributed by atoms with van der Waals surface area (Å²) in [4.78, 5) is 24.4. The van der Waals surface area contributed by atoms with E-state index in [4.69, 9.17) is 5.11 Å². The van der Waals surface area contributed by atoms with Gasteiger partial charge < -0.3 is 10.0 Å². The van der Waals surface area contributed by atoms with Gasteiger partial charge in [-0.25, -0.2) is 0 Å². The van der Waals surface area contributed by atoms with E-state index < -0.39 is 11.9 Å². The Bertz CT molecular complexity index is 290. The van der Waals surface area contributed by atoms with Crippen LogP contribution in [0.2, 0.25) is 0 Å². The summed E-state index contributed by atoms with van der Waals surface area (Å²) in [5.74, 6) is -0.834. The van der Waals surface area contributed by atoms with Crippen LogP contribution in [0.5, 0.6) is 0 Å². The Balaban J connectivity index is 1.89. The minimum Gasteiger partial charge on any atom is -0.481 e. The molecule has 3 atom stereocenters. The molecule has 0 bridgehead atoms. The number of nitrogens with zero attached hydrogens (tertiary/aromatic N) is 1. The van der Waals surface area contributed by atoms with Gasteiger partial charge in [-0.15, -0.1) is 0 Å². The van der Waals surface area contributed by atoms with Crippen LogP contribution in [0.25, 0.3) is 0 Å². The molecule has 0 aromatic carbocycles. The van der Waals surface area contributed by atoms with Gasteiger partial charge in [0.05, 0.1) is 11.8 Å². The van der Waals surface area contributed by atoms with Gasteiger partial charge in [0, 0.05) is 13.1 Å². The van der Waals surface area contributed by atoms with Gasteiger partial charge in [-0.1, -0.05) is 6.92 Å². The average molecular weight is 211 g/mol. The number of carbonyl (C=O) groups excluding carboxylic acids is 1. The summed E-state index contributed by atoms with van der Waals surface area (Å²) in [7, 11) is 0. The highest BCUT2D eigenvalue weighted by atomic mass is 16.4. The van der Waals surface area contributed by atoms with E-state index in [1.807, 2.05) is 4.90 Å². The molecule has 1 aliphatic heterocycles. The fourth-order valence-corrected chi connectivity index (χ4v) is 2.36. The minimum atomic E-state index is -0.821. The number of hydrogen-bond acceptors (Lipinski definition) is 2. The topological polar surface area (TPSA) is 57.6 Å². The van der Waals surface area contributed by atoms with Crippen molar-refractivity contribution in [3.8, 4) is 0 Å². The fourth-order valence-electron chi connectivity index (χ4n) is 2.36. The summed E-state index contributed by atoms with van der Waals surface area (Å²) in [6.45, 7) is 3.76. The Morgan fingerprint density at radius 2 is 2.07 bits per heavy atom. The molecule has 1 amide bonds. The van der Waals surface area contributed by atoms with Crippen LogP contribution in [-0.2, 0) is 9.59 Å². The third-order valence-corrected chi connectivity index (χ3v) is 3.39. The first-order chi connectivity index (χ1) is 7.09. The highest BCUT2D eigenvalue weighted by Crippen LogP contribution is 2.40. The summed E-state index contributed by atoms with van der Waals surface area (Å²) >= 11 is 0. The van der Waals surface area contributed by atoms with Crippen molar-refractivity contribution < 1.29 is 14.7 Å². The van der Waals surface area contributed by atoms with Crippen molar-refractivity contribution in [2.45, 2.75) is 26.2 Å². The Kier molecular flexibility index (Phi) is 2.67. The molecule has 1 saturated heterocycles. The molecule has 1 saturated carbocycles. The molecule has 1 N–H and O–H groups in total. The third-order valence-electron chi connectivity index (χ3n) is 3.39. The minimum absolute atomic E-state index is 0.0638. The highest BCUT2D eigenvalue weighted by molar-refractivity contribution is 5.89. The van der Waals surface area contributed by atoms with Crippen molar-refractivity contribution in [1.82, 2.24) is 4.90 Å². The Morgan fingerprint density at radius 1 is 1.33 bits per heavy atom. The van der Waals surface area contributed by atoms with Crippen LogP contribution in [0, 0.1) is 17.8 Å². The SMILES string of the molecule is CC1CCCN(C(=O)C2CC2C(=O)O)C1. The molecule has 3 unspecified atom stereocenters. The van der Waals surface area contributed by atoms with Crippen molar-refractivity contribution >= 4 is 11.9 Å². The van der Waals surface area contributed by atoms with Crippen molar-refractivity contribution in [3.63, 3.8) is 0 Å².